The summed E-state index contributed by atoms with van der Waals surface area (Å²) in [6, 6.07) is 8.78. The number of hydrogen-bond donors (Lipinski definition) is 2. The molecule has 0 radical (unpaired) electrons. The number of nitrogens with zero attached hydrogens (tertiary/aromatic N) is 3. The van der Waals surface area contributed by atoms with Gasteiger partial charge in [-0.3, -0.25) is 4.99 Å². The molecule has 0 saturated carbocycles. The van der Waals surface area contributed by atoms with Crippen molar-refractivity contribution in [2.45, 2.75) is 46.1 Å². The van der Waals surface area contributed by atoms with Gasteiger partial charge in [0.2, 0.25) is 0 Å². The highest BCUT2D eigenvalue weighted by molar-refractivity contribution is 7.13. The zero-order valence-electron chi connectivity index (χ0n) is 18.7. The van der Waals surface area contributed by atoms with Crippen molar-refractivity contribution in [2.24, 2.45) is 4.99 Å². The van der Waals surface area contributed by atoms with Gasteiger partial charge in [0.25, 0.3) is 0 Å². The highest BCUT2D eigenvalue weighted by atomic mass is 32.1. The maximum absolute atomic E-state index is 11.9. The third kappa shape index (κ3) is 6.95. The predicted molar refractivity (Wildman–Crippen MR) is 127 cm³/mol. The summed E-state index contributed by atoms with van der Waals surface area (Å²) in [6.45, 7) is 9.30. The van der Waals surface area contributed by atoms with E-state index in [2.05, 4.69) is 54.1 Å². The second kappa shape index (κ2) is 11.7. The summed E-state index contributed by atoms with van der Waals surface area (Å²) >= 11 is 1.68. The number of ether oxygens (including phenoxy) is 1. The third-order valence-electron chi connectivity index (χ3n) is 5.19. The molecule has 1 aromatic heterocycles. The van der Waals surface area contributed by atoms with Gasteiger partial charge >= 0.3 is 6.09 Å². The average molecular weight is 444 g/mol. The van der Waals surface area contributed by atoms with Gasteiger partial charge in [0.1, 0.15) is 5.01 Å². The summed E-state index contributed by atoms with van der Waals surface area (Å²) in [5.74, 6) is 0.825. The average Bonchev–Trinajstić information content (AvgIpc) is 3.24. The van der Waals surface area contributed by atoms with E-state index < -0.39 is 0 Å². The first-order chi connectivity index (χ1) is 15.1. The second-order valence-electron chi connectivity index (χ2n) is 7.63. The molecule has 1 aliphatic rings. The van der Waals surface area contributed by atoms with Crippen LogP contribution in [0.1, 0.15) is 37.9 Å². The van der Waals surface area contributed by atoms with Gasteiger partial charge in [-0.05, 0) is 33.6 Å². The van der Waals surface area contributed by atoms with Crippen LogP contribution in [-0.2, 0) is 11.2 Å². The molecule has 2 aromatic rings. The highest BCUT2D eigenvalue weighted by Gasteiger charge is 2.24. The first-order valence-corrected chi connectivity index (χ1v) is 11.9. The molecule has 1 fully saturated rings. The van der Waals surface area contributed by atoms with Crippen LogP contribution in [0.15, 0.2) is 34.6 Å². The van der Waals surface area contributed by atoms with Gasteiger partial charge in [-0.25, -0.2) is 9.78 Å². The Morgan fingerprint density at radius 1 is 1.26 bits per heavy atom. The largest absolute Gasteiger partial charge is 0.450 e. The fraction of sp³-hybridized carbons (Fsp3) is 0.522. The van der Waals surface area contributed by atoms with Crippen LogP contribution >= 0.6 is 11.3 Å². The van der Waals surface area contributed by atoms with Crippen LogP contribution in [0.2, 0.25) is 0 Å². The molecule has 0 spiro atoms. The summed E-state index contributed by atoms with van der Waals surface area (Å²) in [4.78, 5) is 23.1. The van der Waals surface area contributed by atoms with E-state index in [0.29, 0.717) is 32.3 Å². The van der Waals surface area contributed by atoms with Crippen molar-refractivity contribution in [1.82, 2.24) is 20.5 Å². The van der Waals surface area contributed by atoms with E-state index in [4.69, 9.17) is 14.7 Å². The van der Waals surface area contributed by atoms with Crippen molar-refractivity contribution >= 4 is 23.4 Å². The molecule has 0 aliphatic carbocycles. The van der Waals surface area contributed by atoms with Gasteiger partial charge in [0.05, 0.1) is 12.3 Å². The molecule has 7 nitrogen and oxygen atoms in total. The van der Waals surface area contributed by atoms with E-state index in [1.165, 1.54) is 5.56 Å². The number of guanidine groups is 1. The second-order valence-corrected chi connectivity index (χ2v) is 8.48. The molecule has 8 heteroatoms. The summed E-state index contributed by atoms with van der Waals surface area (Å²) < 4.78 is 5.09. The van der Waals surface area contributed by atoms with E-state index in [9.17, 15) is 4.79 Å². The Hall–Kier alpha value is -2.61. The van der Waals surface area contributed by atoms with Gasteiger partial charge in [-0.15, -0.1) is 11.3 Å². The number of hydrogen-bond acceptors (Lipinski definition) is 5. The van der Waals surface area contributed by atoms with Crippen molar-refractivity contribution in [2.75, 3.05) is 32.8 Å². The van der Waals surface area contributed by atoms with Crippen LogP contribution in [-0.4, -0.2) is 60.8 Å². The molecule has 1 aliphatic heterocycles. The molecule has 0 bridgehead atoms. The van der Waals surface area contributed by atoms with E-state index in [1.54, 1.807) is 16.2 Å². The lowest BCUT2D eigenvalue weighted by molar-refractivity contribution is 0.0963. The number of carbonyl (C=O) groups excluding carboxylic acids is 1. The first kappa shape index (κ1) is 23.1. The zero-order valence-corrected chi connectivity index (χ0v) is 19.5. The van der Waals surface area contributed by atoms with Crippen LogP contribution in [0.25, 0.3) is 10.6 Å². The Morgan fingerprint density at radius 2 is 2.00 bits per heavy atom. The number of likely N-dealkylation sites (tertiary alicyclic amines) is 1. The third-order valence-corrected chi connectivity index (χ3v) is 6.13. The minimum absolute atomic E-state index is 0.213. The van der Waals surface area contributed by atoms with E-state index in [1.807, 2.05) is 6.92 Å². The number of aryl methyl sites for hydroxylation is 1. The maximum Gasteiger partial charge on any atom is 0.409 e. The smallest absolute Gasteiger partial charge is 0.409 e. The van der Waals surface area contributed by atoms with Crippen LogP contribution < -0.4 is 10.6 Å². The minimum atomic E-state index is -0.213. The Balaban J connectivity index is 1.49. The van der Waals surface area contributed by atoms with Crippen molar-refractivity contribution in [3.05, 3.63) is 40.9 Å². The van der Waals surface area contributed by atoms with Gasteiger partial charge < -0.3 is 20.3 Å². The SMILES string of the molecule is CCNC(=NCCc1csc(-c2ccc(C)cc2)n1)NC1CCN(C(=O)OCC)CC1. The van der Waals surface area contributed by atoms with Gasteiger partial charge in [-0.1, -0.05) is 29.8 Å². The fourth-order valence-corrected chi connectivity index (χ4v) is 4.33. The van der Waals surface area contributed by atoms with Gasteiger partial charge in [-0.2, -0.15) is 0 Å². The van der Waals surface area contributed by atoms with E-state index in [0.717, 1.165) is 48.0 Å². The topological polar surface area (TPSA) is 78.9 Å². The van der Waals surface area contributed by atoms with Crippen LogP contribution in [0, 0.1) is 6.92 Å². The number of thiazole rings is 1. The summed E-state index contributed by atoms with van der Waals surface area (Å²) in [5.41, 5.74) is 3.49. The lowest BCUT2D eigenvalue weighted by atomic mass is 10.1. The molecule has 1 aromatic carbocycles. The number of piperidine rings is 1. The summed E-state index contributed by atoms with van der Waals surface area (Å²) in [6.07, 6.45) is 2.36. The molecule has 31 heavy (non-hydrogen) atoms. The lowest BCUT2D eigenvalue weighted by Gasteiger charge is -2.32. The number of benzene rings is 1. The molecule has 2 heterocycles. The Kier molecular flexibility index (Phi) is 8.70. The number of carbonyl (C=O) groups is 1. The molecule has 0 atom stereocenters. The zero-order chi connectivity index (χ0) is 22.1. The monoisotopic (exact) mass is 443 g/mol. The van der Waals surface area contributed by atoms with E-state index in [-0.39, 0.29) is 6.09 Å². The van der Waals surface area contributed by atoms with Crippen LogP contribution in [0.3, 0.4) is 0 Å². The van der Waals surface area contributed by atoms with Crippen molar-refractivity contribution < 1.29 is 9.53 Å². The van der Waals surface area contributed by atoms with Crippen LogP contribution in [0.4, 0.5) is 4.79 Å². The molecule has 1 saturated heterocycles. The maximum atomic E-state index is 11.9. The van der Waals surface area contributed by atoms with Gasteiger partial charge in [0, 0.05) is 49.6 Å². The van der Waals surface area contributed by atoms with Crippen molar-refractivity contribution in [3.63, 3.8) is 0 Å². The molecule has 1 amide bonds. The standard InChI is InChI=1S/C23H33N5O2S/c1-4-24-22(27-19-11-14-28(15-12-19)23(29)30-5-2)25-13-10-20-16-31-21(26-20)18-8-6-17(3)7-9-18/h6-9,16,19H,4-5,10-15H2,1-3H3,(H2,24,25,27). The number of aliphatic imine (C=N–C) groups is 1. The van der Waals surface area contributed by atoms with E-state index >= 15 is 0 Å². The Bertz CT molecular complexity index is 857. The molecule has 3 rings (SSSR count). The fourth-order valence-electron chi connectivity index (χ4n) is 3.47. The first-order valence-electron chi connectivity index (χ1n) is 11.1. The van der Waals surface area contributed by atoms with Crippen molar-refractivity contribution in [3.8, 4) is 10.6 Å². The summed E-state index contributed by atoms with van der Waals surface area (Å²) in [7, 11) is 0. The summed E-state index contributed by atoms with van der Waals surface area (Å²) in [5, 5.41) is 10.0. The normalized spacial score (nSPS) is 15.1. The molecule has 2 N–H and O–H groups in total. The lowest BCUT2D eigenvalue weighted by Crippen LogP contribution is -2.50. The molecular formula is C23H33N5O2S. The minimum Gasteiger partial charge on any atom is -0.450 e. The molecule has 168 valence electrons. The highest BCUT2D eigenvalue weighted by Crippen LogP contribution is 2.24. The number of aromatic nitrogens is 1. The quantitative estimate of drug-likeness (QED) is 0.502. The van der Waals surface area contributed by atoms with Crippen molar-refractivity contribution in [1.29, 1.82) is 0 Å². The molecular weight excluding hydrogens is 410 g/mol. The van der Waals surface area contributed by atoms with Crippen LogP contribution in [0.5, 0.6) is 0 Å². The Labute approximate surface area is 188 Å². The number of nitrogens with one attached hydrogen (secondary N) is 2. The predicted octanol–water partition coefficient (Wildman–Crippen LogP) is 3.84. The molecule has 0 unspecified atom stereocenters. The Morgan fingerprint density at radius 3 is 2.68 bits per heavy atom. The number of amides is 1. The number of rotatable bonds is 7. The van der Waals surface area contributed by atoms with Gasteiger partial charge in [0.15, 0.2) is 5.96 Å².